The Bertz CT molecular complexity index is 543. The summed E-state index contributed by atoms with van der Waals surface area (Å²) in [7, 11) is 0. The lowest BCUT2D eigenvalue weighted by molar-refractivity contribution is -0.384. The minimum absolute atomic E-state index is 0.140. The number of carbonyl (C=O) groups is 1. The summed E-state index contributed by atoms with van der Waals surface area (Å²) in [4.78, 5) is 21.7. The van der Waals surface area contributed by atoms with Crippen molar-refractivity contribution in [2.45, 2.75) is 18.4 Å². The van der Waals surface area contributed by atoms with E-state index < -0.39 is 22.2 Å². The molecule has 0 radical (unpaired) electrons. The van der Waals surface area contributed by atoms with E-state index >= 15 is 0 Å². The minimum atomic E-state index is -1.38. The molecule has 1 fully saturated rings. The van der Waals surface area contributed by atoms with Gasteiger partial charge in [0.15, 0.2) is 0 Å². The molecule has 2 N–H and O–H groups in total. The molecule has 108 valence electrons. The Morgan fingerprint density at radius 2 is 2.10 bits per heavy atom. The summed E-state index contributed by atoms with van der Waals surface area (Å²) in [6, 6.07) is 2.89. The van der Waals surface area contributed by atoms with Crippen LogP contribution in [0.2, 0.25) is 0 Å². The number of anilines is 1. The van der Waals surface area contributed by atoms with Crippen LogP contribution in [0.25, 0.3) is 0 Å². The average molecular weight is 284 g/mol. The zero-order valence-electron chi connectivity index (χ0n) is 10.5. The average Bonchev–Trinajstić information content (AvgIpc) is 2.39. The molecule has 0 spiro atoms. The number of benzene rings is 1. The lowest BCUT2D eigenvalue weighted by Gasteiger charge is -2.34. The van der Waals surface area contributed by atoms with Crippen molar-refractivity contribution in [1.82, 2.24) is 0 Å². The number of ether oxygens (including phenoxy) is 1. The Balaban J connectivity index is 2.38. The van der Waals surface area contributed by atoms with Crippen molar-refractivity contribution in [2.24, 2.45) is 0 Å². The molecule has 0 unspecified atom stereocenters. The van der Waals surface area contributed by atoms with Gasteiger partial charge < -0.3 is 15.2 Å². The van der Waals surface area contributed by atoms with Crippen molar-refractivity contribution in [3.8, 4) is 0 Å². The van der Waals surface area contributed by atoms with Crippen LogP contribution in [0.3, 0.4) is 0 Å². The fraction of sp³-hybridized carbons (Fsp3) is 0.417. The Morgan fingerprint density at radius 3 is 2.65 bits per heavy atom. The standard InChI is InChI=1S/C12H13FN2O5/c13-8-1-2-10(15(18)19)9(7-8)14-12(11(16)17)3-5-20-6-4-12/h1-2,7,14H,3-6H2,(H,16,17). The molecular formula is C12H13FN2O5. The van der Waals surface area contributed by atoms with Gasteiger partial charge in [-0.3, -0.25) is 10.1 Å². The van der Waals surface area contributed by atoms with Gasteiger partial charge in [-0.2, -0.15) is 0 Å². The fourth-order valence-electron chi connectivity index (χ4n) is 2.14. The van der Waals surface area contributed by atoms with Crippen LogP contribution in [-0.2, 0) is 9.53 Å². The lowest BCUT2D eigenvalue weighted by atomic mass is 9.89. The van der Waals surface area contributed by atoms with Crippen molar-refractivity contribution >= 4 is 17.3 Å². The number of nitrogens with one attached hydrogen (secondary N) is 1. The summed E-state index contributed by atoms with van der Waals surface area (Å²) < 4.78 is 18.4. The van der Waals surface area contributed by atoms with Gasteiger partial charge in [-0.15, -0.1) is 0 Å². The molecule has 1 heterocycles. The molecule has 0 aromatic heterocycles. The predicted molar refractivity (Wildman–Crippen MR) is 67.1 cm³/mol. The number of carboxylic acids is 1. The van der Waals surface area contributed by atoms with Crippen LogP contribution in [0.1, 0.15) is 12.8 Å². The number of hydrogen-bond acceptors (Lipinski definition) is 5. The number of aliphatic carboxylic acids is 1. The van der Waals surface area contributed by atoms with E-state index in [-0.39, 0.29) is 37.4 Å². The number of hydrogen-bond donors (Lipinski definition) is 2. The van der Waals surface area contributed by atoms with Gasteiger partial charge in [0.25, 0.3) is 5.69 Å². The Hall–Kier alpha value is -2.22. The molecule has 1 saturated heterocycles. The SMILES string of the molecule is O=C(O)C1(Nc2cc(F)ccc2[N+](=O)[O-])CCOCC1. The van der Waals surface area contributed by atoms with Crippen LogP contribution in [0, 0.1) is 15.9 Å². The van der Waals surface area contributed by atoms with Gasteiger partial charge in [-0.05, 0) is 6.07 Å². The van der Waals surface area contributed by atoms with Crippen LogP contribution >= 0.6 is 0 Å². The Morgan fingerprint density at radius 1 is 1.45 bits per heavy atom. The number of nitro benzene ring substituents is 1. The quantitative estimate of drug-likeness (QED) is 0.645. The summed E-state index contributed by atoms with van der Waals surface area (Å²) in [6.07, 6.45) is 0.298. The number of nitrogens with zero attached hydrogens (tertiary/aromatic N) is 1. The molecule has 20 heavy (non-hydrogen) atoms. The van der Waals surface area contributed by atoms with Crippen molar-refractivity contribution < 1.29 is 24.0 Å². The zero-order chi connectivity index (χ0) is 14.8. The first-order valence-electron chi connectivity index (χ1n) is 5.98. The Labute approximate surface area is 113 Å². The fourth-order valence-corrected chi connectivity index (χ4v) is 2.14. The smallest absolute Gasteiger partial charge is 0.329 e. The van der Waals surface area contributed by atoms with E-state index in [2.05, 4.69) is 5.32 Å². The van der Waals surface area contributed by atoms with Gasteiger partial charge in [-0.25, -0.2) is 9.18 Å². The molecule has 0 aliphatic carbocycles. The maximum atomic E-state index is 13.3. The van der Waals surface area contributed by atoms with Gasteiger partial charge in [0.2, 0.25) is 0 Å². The van der Waals surface area contributed by atoms with Gasteiger partial charge in [0.1, 0.15) is 17.0 Å². The zero-order valence-corrected chi connectivity index (χ0v) is 10.5. The molecule has 0 atom stereocenters. The van der Waals surface area contributed by atoms with Crippen LogP contribution in [0.15, 0.2) is 18.2 Å². The molecule has 1 aliphatic rings. The number of nitro groups is 1. The lowest BCUT2D eigenvalue weighted by Crippen LogP contribution is -2.50. The maximum absolute atomic E-state index is 13.3. The van der Waals surface area contributed by atoms with Crippen molar-refractivity contribution in [2.75, 3.05) is 18.5 Å². The third kappa shape index (κ3) is 2.69. The van der Waals surface area contributed by atoms with Crippen LogP contribution in [0.5, 0.6) is 0 Å². The molecule has 0 bridgehead atoms. The van der Waals surface area contributed by atoms with E-state index in [9.17, 15) is 24.4 Å². The Kier molecular flexibility index (Phi) is 3.84. The molecule has 2 rings (SSSR count). The summed E-state index contributed by atoms with van der Waals surface area (Å²) in [6.45, 7) is 0.449. The molecule has 1 aliphatic heterocycles. The second kappa shape index (κ2) is 5.41. The van der Waals surface area contributed by atoms with Gasteiger partial charge in [-0.1, -0.05) is 0 Å². The van der Waals surface area contributed by atoms with Gasteiger partial charge in [0, 0.05) is 38.2 Å². The van der Waals surface area contributed by atoms with Gasteiger partial charge >= 0.3 is 5.97 Å². The van der Waals surface area contributed by atoms with E-state index in [1.165, 1.54) is 0 Å². The maximum Gasteiger partial charge on any atom is 0.329 e. The molecule has 8 heteroatoms. The number of rotatable bonds is 4. The highest BCUT2D eigenvalue weighted by Crippen LogP contribution is 2.32. The summed E-state index contributed by atoms with van der Waals surface area (Å²) in [5.41, 5.74) is -1.88. The summed E-state index contributed by atoms with van der Waals surface area (Å²) >= 11 is 0. The van der Waals surface area contributed by atoms with Crippen LogP contribution in [0.4, 0.5) is 15.8 Å². The third-order valence-corrected chi connectivity index (χ3v) is 3.28. The second-order valence-electron chi connectivity index (χ2n) is 4.54. The third-order valence-electron chi connectivity index (χ3n) is 3.28. The molecular weight excluding hydrogens is 271 g/mol. The number of halogens is 1. The second-order valence-corrected chi connectivity index (χ2v) is 4.54. The van der Waals surface area contributed by atoms with E-state index in [0.29, 0.717) is 0 Å². The number of carboxylic acid groups (broad SMARTS) is 1. The molecule has 0 saturated carbocycles. The van der Waals surface area contributed by atoms with E-state index in [1.807, 2.05) is 0 Å². The highest BCUT2D eigenvalue weighted by atomic mass is 19.1. The molecule has 1 aromatic carbocycles. The van der Waals surface area contributed by atoms with E-state index in [0.717, 1.165) is 18.2 Å². The highest BCUT2D eigenvalue weighted by Gasteiger charge is 2.41. The monoisotopic (exact) mass is 284 g/mol. The highest BCUT2D eigenvalue weighted by molar-refractivity contribution is 5.84. The van der Waals surface area contributed by atoms with E-state index in [4.69, 9.17) is 4.74 Å². The van der Waals surface area contributed by atoms with E-state index in [1.54, 1.807) is 0 Å². The van der Waals surface area contributed by atoms with Crippen molar-refractivity contribution in [3.05, 3.63) is 34.1 Å². The van der Waals surface area contributed by atoms with Crippen molar-refractivity contribution in [1.29, 1.82) is 0 Å². The predicted octanol–water partition coefficient (Wildman–Crippen LogP) is 1.78. The first-order valence-corrected chi connectivity index (χ1v) is 5.98. The largest absolute Gasteiger partial charge is 0.480 e. The molecule has 1 aromatic rings. The first-order chi connectivity index (χ1) is 9.44. The first kappa shape index (κ1) is 14.2. The summed E-state index contributed by atoms with van der Waals surface area (Å²) in [5, 5.41) is 22.9. The van der Waals surface area contributed by atoms with Crippen LogP contribution < -0.4 is 5.32 Å². The van der Waals surface area contributed by atoms with Crippen LogP contribution in [-0.4, -0.2) is 34.8 Å². The minimum Gasteiger partial charge on any atom is -0.480 e. The molecule has 7 nitrogen and oxygen atoms in total. The van der Waals surface area contributed by atoms with Crippen molar-refractivity contribution in [3.63, 3.8) is 0 Å². The summed E-state index contributed by atoms with van der Waals surface area (Å²) in [5.74, 6) is -1.81. The normalized spacial score (nSPS) is 17.4. The molecule has 0 amide bonds. The topological polar surface area (TPSA) is 102 Å². The van der Waals surface area contributed by atoms with Gasteiger partial charge in [0.05, 0.1) is 4.92 Å².